The standard InChI is InChI=1S/C16H20N4O2S/c1-22-15-14(3-2-5-17-15)18-16(21)20-8-6-19(7-9-20)11-13-4-10-23-12-13/h2-5,10,12H,6-9,11H2,1H3,(H,18,21). The predicted octanol–water partition coefficient (Wildman–Crippen LogP) is 2.50. The SMILES string of the molecule is COc1ncccc1NC(=O)N1CCN(Cc2ccsc2)CC1. The average Bonchev–Trinajstić information content (AvgIpc) is 3.09. The zero-order valence-corrected chi connectivity index (χ0v) is 13.9. The van der Waals surface area contributed by atoms with Gasteiger partial charge >= 0.3 is 6.03 Å². The van der Waals surface area contributed by atoms with Gasteiger partial charge in [-0.2, -0.15) is 11.3 Å². The highest BCUT2D eigenvalue weighted by atomic mass is 32.1. The number of hydrogen-bond acceptors (Lipinski definition) is 5. The lowest BCUT2D eigenvalue weighted by atomic mass is 10.2. The third kappa shape index (κ3) is 4.00. The number of hydrogen-bond donors (Lipinski definition) is 1. The van der Waals surface area contributed by atoms with Gasteiger partial charge in [-0.1, -0.05) is 0 Å². The fraction of sp³-hybridized carbons (Fsp3) is 0.375. The first kappa shape index (κ1) is 15.8. The molecule has 0 spiro atoms. The molecule has 23 heavy (non-hydrogen) atoms. The van der Waals surface area contributed by atoms with E-state index in [1.165, 1.54) is 5.56 Å². The summed E-state index contributed by atoms with van der Waals surface area (Å²) in [5.74, 6) is 0.428. The summed E-state index contributed by atoms with van der Waals surface area (Å²) in [7, 11) is 1.54. The van der Waals surface area contributed by atoms with Crippen molar-refractivity contribution in [2.24, 2.45) is 0 Å². The number of aromatic nitrogens is 1. The van der Waals surface area contributed by atoms with E-state index < -0.39 is 0 Å². The van der Waals surface area contributed by atoms with Crippen LogP contribution in [0.4, 0.5) is 10.5 Å². The number of ether oxygens (including phenoxy) is 1. The molecule has 2 aromatic heterocycles. The first-order valence-electron chi connectivity index (χ1n) is 7.54. The molecule has 0 saturated carbocycles. The summed E-state index contributed by atoms with van der Waals surface area (Å²) >= 11 is 1.72. The Morgan fingerprint density at radius 2 is 2.17 bits per heavy atom. The molecule has 2 amide bonds. The van der Waals surface area contributed by atoms with Crippen molar-refractivity contribution in [2.75, 3.05) is 38.6 Å². The van der Waals surface area contributed by atoms with Crippen LogP contribution in [0.15, 0.2) is 35.2 Å². The van der Waals surface area contributed by atoms with E-state index in [0.717, 1.165) is 32.7 Å². The molecule has 3 rings (SSSR count). The van der Waals surface area contributed by atoms with Crippen molar-refractivity contribution in [3.05, 3.63) is 40.7 Å². The number of nitrogens with zero attached hydrogens (tertiary/aromatic N) is 3. The Morgan fingerprint density at radius 3 is 2.87 bits per heavy atom. The normalized spacial score (nSPS) is 15.4. The first-order chi connectivity index (χ1) is 11.3. The molecule has 0 radical (unpaired) electrons. The molecule has 1 saturated heterocycles. The topological polar surface area (TPSA) is 57.7 Å². The van der Waals surface area contributed by atoms with Gasteiger partial charge in [0.25, 0.3) is 0 Å². The van der Waals surface area contributed by atoms with Crippen molar-refractivity contribution in [3.63, 3.8) is 0 Å². The predicted molar refractivity (Wildman–Crippen MR) is 91.0 cm³/mol. The molecule has 0 aromatic carbocycles. The van der Waals surface area contributed by atoms with Crippen molar-refractivity contribution >= 4 is 23.1 Å². The van der Waals surface area contributed by atoms with Crippen LogP contribution in [0.1, 0.15) is 5.56 Å². The maximum Gasteiger partial charge on any atom is 0.322 e. The largest absolute Gasteiger partial charge is 0.480 e. The quantitative estimate of drug-likeness (QED) is 0.935. The average molecular weight is 332 g/mol. The molecule has 2 aromatic rings. The Kier molecular flexibility index (Phi) is 5.09. The number of carbonyl (C=O) groups is 1. The number of rotatable bonds is 4. The van der Waals surface area contributed by atoms with Crippen LogP contribution in [-0.2, 0) is 6.54 Å². The zero-order chi connectivity index (χ0) is 16.1. The Morgan fingerprint density at radius 1 is 1.35 bits per heavy atom. The minimum atomic E-state index is -0.105. The first-order valence-corrected chi connectivity index (χ1v) is 8.49. The molecule has 1 aliphatic heterocycles. The van der Waals surface area contributed by atoms with Gasteiger partial charge in [0, 0.05) is 38.9 Å². The number of urea groups is 1. The summed E-state index contributed by atoms with van der Waals surface area (Å²) in [6, 6.07) is 5.61. The summed E-state index contributed by atoms with van der Waals surface area (Å²) in [5, 5.41) is 7.15. The van der Waals surface area contributed by atoms with Crippen molar-refractivity contribution in [2.45, 2.75) is 6.54 Å². The number of pyridine rings is 1. The van der Waals surface area contributed by atoms with Crippen LogP contribution in [-0.4, -0.2) is 54.1 Å². The Labute approximate surface area is 139 Å². The third-order valence-electron chi connectivity index (χ3n) is 3.85. The smallest absolute Gasteiger partial charge is 0.322 e. The van der Waals surface area contributed by atoms with Gasteiger partial charge in [0.05, 0.1) is 7.11 Å². The second-order valence-corrected chi connectivity index (χ2v) is 6.17. The van der Waals surface area contributed by atoms with Crippen molar-refractivity contribution in [1.82, 2.24) is 14.8 Å². The van der Waals surface area contributed by atoms with Crippen LogP contribution in [0, 0.1) is 0 Å². The highest BCUT2D eigenvalue weighted by molar-refractivity contribution is 7.07. The van der Waals surface area contributed by atoms with E-state index >= 15 is 0 Å². The van der Waals surface area contributed by atoms with Gasteiger partial charge in [-0.15, -0.1) is 0 Å². The van der Waals surface area contributed by atoms with Crippen LogP contribution < -0.4 is 10.1 Å². The number of thiophene rings is 1. The maximum absolute atomic E-state index is 12.4. The van der Waals surface area contributed by atoms with Gasteiger partial charge in [0.1, 0.15) is 5.69 Å². The van der Waals surface area contributed by atoms with E-state index in [1.54, 1.807) is 36.8 Å². The molecule has 7 heteroatoms. The highest BCUT2D eigenvalue weighted by Gasteiger charge is 2.22. The third-order valence-corrected chi connectivity index (χ3v) is 4.58. The Balaban J connectivity index is 1.52. The van der Waals surface area contributed by atoms with Crippen LogP contribution in [0.3, 0.4) is 0 Å². The van der Waals surface area contributed by atoms with Gasteiger partial charge in [0.2, 0.25) is 5.88 Å². The molecular weight excluding hydrogens is 312 g/mol. The maximum atomic E-state index is 12.4. The van der Waals surface area contributed by atoms with Crippen LogP contribution in [0.5, 0.6) is 5.88 Å². The van der Waals surface area contributed by atoms with Crippen LogP contribution in [0.2, 0.25) is 0 Å². The minimum Gasteiger partial charge on any atom is -0.480 e. The molecule has 0 bridgehead atoms. The Bertz CT molecular complexity index is 639. The van der Waals surface area contributed by atoms with Crippen LogP contribution >= 0.6 is 11.3 Å². The molecule has 3 heterocycles. The molecule has 0 aliphatic carbocycles. The number of piperazine rings is 1. The lowest BCUT2D eigenvalue weighted by molar-refractivity contribution is 0.143. The fourth-order valence-corrected chi connectivity index (χ4v) is 3.25. The number of carbonyl (C=O) groups excluding carboxylic acids is 1. The molecule has 0 unspecified atom stereocenters. The number of anilines is 1. The summed E-state index contributed by atoms with van der Waals surface area (Å²) in [6.45, 7) is 4.16. The molecule has 0 atom stereocenters. The number of nitrogens with one attached hydrogen (secondary N) is 1. The minimum absolute atomic E-state index is 0.105. The van der Waals surface area contributed by atoms with E-state index in [1.807, 2.05) is 4.90 Å². The second-order valence-electron chi connectivity index (χ2n) is 5.39. The van der Waals surface area contributed by atoms with Crippen molar-refractivity contribution < 1.29 is 9.53 Å². The lowest BCUT2D eigenvalue weighted by Gasteiger charge is -2.34. The van der Waals surface area contributed by atoms with E-state index in [0.29, 0.717) is 11.6 Å². The van der Waals surface area contributed by atoms with Gasteiger partial charge in [-0.3, -0.25) is 4.90 Å². The van der Waals surface area contributed by atoms with E-state index in [2.05, 4.69) is 32.0 Å². The monoisotopic (exact) mass is 332 g/mol. The summed E-state index contributed by atoms with van der Waals surface area (Å²) in [5.41, 5.74) is 1.94. The zero-order valence-electron chi connectivity index (χ0n) is 13.1. The van der Waals surface area contributed by atoms with Gasteiger partial charge in [-0.05, 0) is 34.5 Å². The molecule has 6 nitrogen and oxygen atoms in total. The lowest BCUT2D eigenvalue weighted by Crippen LogP contribution is -2.49. The summed E-state index contributed by atoms with van der Waals surface area (Å²) in [4.78, 5) is 20.7. The number of amides is 2. The van der Waals surface area contributed by atoms with E-state index in [9.17, 15) is 4.79 Å². The van der Waals surface area contributed by atoms with Gasteiger partial charge in [-0.25, -0.2) is 9.78 Å². The van der Waals surface area contributed by atoms with E-state index in [4.69, 9.17) is 4.74 Å². The molecule has 1 N–H and O–H groups in total. The summed E-state index contributed by atoms with van der Waals surface area (Å²) < 4.78 is 5.16. The van der Waals surface area contributed by atoms with Crippen molar-refractivity contribution in [3.8, 4) is 5.88 Å². The molecular formula is C16H20N4O2S. The van der Waals surface area contributed by atoms with Gasteiger partial charge in [0.15, 0.2) is 0 Å². The van der Waals surface area contributed by atoms with Crippen LogP contribution in [0.25, 0.3) is 0 Å². The summed E-state index contributed by atoms with van der Waals surface area (Å²) in [6.07, 6.45) is 1.64. The van der Waals surface area contributed by atoms with Crippen molar-refractivity contribution in [1.29, 1.82) is 0 Å². The molecule has 1 aliphatic rings. The second kappa shape index (κ2) is 7.43. The highest BCUT2D eigenvalue weighted by Crippen LogP contribution is 2.20. The fourth-order valence-electron chi connectivity index (χ4n) is 2.59. The molecule has 1 fully saturated rings. The molecule has 122 valence electrons. The van der Waals surface area contributed by atoms with E-state index in [-0.39, 0.29) is 6.03 Å². The Hall–Kier alpha value is -2.12. The number of methoxy groups -OCH3 is 1. The van der Waals surface area contributed by atoms with Gasteiger partial charge < -0.3 is 15.0 Å².